The molecule has 1 aliphatic heterocycles. The number of anilines is 1. The summed E-state index contributed by atoms with van der Waals surface area (Å²) >= 11 is 0. The third kappa shape index (κ3) is 3.58. The number of aryl methyl sites for hydroxylation is 2. The Morgan fingerprint density at radius 3 is 2.63 bits per heavy atom. The highest BCUT2D eigenvalue weighted by Gasteiger charge is 2.19. The number of aromatic nitrogens is 3. The van der Waals surface area contributed by atoms with Crippen molar-refractivity contribution in [3.63, 3.8) is 0 Å². The molecule has 1 fully saturated rings. The fraction of sp³-hybridized carbons (Fsp3) is 0.350. The van der Waals surface area contributed by atoms with Crippen LogP contribution < -0.4 is 10.6 Å². The largest absolute Gasteiger partial charge is 0.370 e. The average molecular weight is 363 g/mol. The summed E-state index contributed by atoms with van der Waals surface area (Å²) in [7, 11) is 0. The van der Waals surface area contributed by atoms with E-state index < -0.39 is 0 Å². The number of nitrogens with two attached hydrogens (primary N) is 1. The van der Waals surface area contributed by atoms with Crippen LogP contribution in [0.4, 0.5) is 5.95 Å². The Morgan fingerprint density at radius 2 is 1.89 bits per heavy atom. The van der Waals surface area contributed by atoms with E-state index in [0.717, 1.165) is 32.1 Å². The van der Waals surface area contributed by atoms with Crippen LogP contribution in [-0.2, 0) is 6.54 Å². The van der Waals surface area contributed by atoms with Gasteiger partial charge < -0.3 is 20.5 Å². The molecule has 0 radical (unpaired) electrons. The molecule has 2 aromatic heterocycles. The molecule has 0 atom stereocenters. The molecule has 0 saturated carbocycles. The van der Waals surface area contributed by atoms with Crippen molar-refractivity contribution in [2.45, 2.75) is 20.4 Å². The maximum absolute atomic E-state index is 6.25. The molecule has 7 nitrogen and oxygen atoms in total. The zero-order chi connectivity index (χ0) is 18.8. The highest BCUT2D eigenvalue weighted by molar-refractivity contribution is 5.85. The van der Waals surface area contributed by atoms with Crippen LogP contribution in [0.2, 0.25) is 0 Å². The van der Waals surface area contributed by atoms with Crippen LogP contribution in [0.1, 0.15) is 16.8 Å². The molecule has 27 heavy (non-hydrogen) atoms. The standard InChI is InChI=1S/C20H25N7/c1-14-15(2)25-18-5-4-16(12-17(14)18)13-24-19(21)26-8-10-27(11-9-26)20-22-6-3-7-23-20/h3-7,12,25H,8-11,13H2,1-2H3,(H2,21,24). The number of H-pyrrole nitrogens is 1. The molecule has 0 spiro atoms. The van der Waals surface area contributed by atoms with Gasteiger partial charge in [-0.1, -0.05) is 6.07 Å². The maximum atomic E-state index is 6.25. The average Bonchev–Trinajstić information content (AvgIpc) is 3.00. The number of rotatable bonds is 3. The second-order valence-corrected chi connectivity index (χ2v) is 6.95. The summed E-state index contributed by atoms with van der Waals surface area (Å²) in [5, 5.41) is 1.26. The zero-order valence-electron chi connectivity index (χ0n) is 15.8. The van der Waals surface area contributed by atoms with Crippen LogP contribution in [0.25, 0.3) is 10.9 Å². The van der Waals surface area contributed by atoms with E-state index in [1.54, 1.807) is 12.4 Å². The van der Waals surface area contributed by atoms with Gasteiger partial charge in [0.2, 0.25) is 5.95 Å². The van der Waals surface area contributed by atoms with Gasteiger partial charge in [0, 0.05) is 55.2 Å². The molecular weight excluding hydrogens is 338 g/mol. The summed E-state index contributed by atoms with van der Waals surface area (Å²) < 4.78 is 0. The van der Waals surface area contributed by atoms with Crippen molar-refractivity contribution >= 4 is 22.8 Å². The van der Waals surface area contributed by atoms with Crippen molar-refractivity contribution < 1.29 is 0 Å². The summed E-state index contributed by atoms with van der Waals surface area (Å²) in [6.45, 7) is 8.16. The van der Waals surface area contributed by atoms with E-state index >= 15 is 0 Å². The first kappa shape index (κ1) is 17.3. The lowest BCUT2D eigenvalue weighted by Crippen LogP contribution is -2.51. The van der Waals surface area contributed by atoms with Crippen LogP contribution in [0.15, 0.2) is 41.7 Å². The van der Waals surface area contributed by atoms with E-state index in [1.807, 2.05) is 6.07 Å². The predicted molar refractivity (Wildman–Crippen MR) is 109 cm³/mol. The van der Waals surface area contributed by atoms with Crippen molar-refractivity contribution in [1.29, 1.82) is 0 Å². The lowest BCUT2D eigenvalue weighted by molar-refractivity contribution is 0.378. The van der Waals surface area contributed by atoms with Crippen molar-refractivity contribution in [3.8, 4) is 0 Å². The zero-order valence-corrected chi connectivity index (χ0v) is 15.8. The second kappa shape index (κ2) is 7.26. The molecular formula is C20H25N7. The first-order chi connectivity index (χ1) is 13.1. The Labute approximate surface area is 158 Å². The van der Waals surface area contributed by atoms with Gasteiger partial charge in [0.1, 0.15) is 0 Å². The van der Waals surface area contributed by atoms with Gasteiger partial charge in [0.15, 0.2) is 5.96 Å². The van der Waals surface area contributed by atoms with Crippen LogP contribution in [-0.4, -0.2) is 52.0 Å². The van der Waals surface area contributed by atoms with E-state index in [1.165, 1.54) is 27.7 Å². The fourth-order valence-corrected chi connectivity index (χ4v) is 3.47. The molecule has 1 saturated heterocycles. The van der Waals surface area contributed by atoms with Gasteiger partial charge >= 0.3 is 0 Å². The molecule has 3 heterocycles. The molecule has 0 bridgehead atoms. The first-order valence-corrected chi connectivity index (χ1v) is 9.26. The SMILES string of the molecule is Cc1[nH]c2ccc(CN=C(N)N3CCN(c4ncccn4)CC3)cc2c1C. The Morgan fingerprint density at radius 1 is 1.15 bits per heavy atom. The minimum Gasteiger partial charge on any atom is -0.370 e. The number of piperazine rings is 1. The van der Waals surface area contributed by atoms with Crippen LogP contribution >= 0.6 is 0 Å². The number of aliphatic imine (C=N–C) groups is 1. The summed E-state index contributed by atoms with van der Waals surface area (Å²) in [6.07, 6.45) is 3.55. The smallest absolute Gasteiger partial charge is 0.225 e. The number of hydrogen-bond donors (Lipinski definition) is 2. The number of fused-ring (bicyclic) bond motifs is 1. The van der Waals surface area contributed by atoms with Crippen molar-refractivity contribution in [3.05, 3.63) is 53.5 Å². The van der Waals surface area contributed by atoms with Crippen molar-refractivity contribution in [2.75, 3.05) is 31.1 Å². The second-order valence-electron chi connectivity index (χ2n) is 6.95. The molecule has 0 amide bonds. The van der Waals surface area contributed by atoms with Crippen LogP contribution in [0.3, 0.4) is 0 Å². The molecule has 140 valence electrons. The van der Waals surface area contributed by atoms with Gasteiger partial charge in [-0.2, -0.15) is 0 Å². The van der Waals surface area contributed by atoms with E-state index in [4.69, 9.17) is 5.73 Å². The van der Waals surface area contributed by atoms with Gasteiger partial charge in [-0.3, -0.25) is 0 Å². The third-order valence-corrected chi connectivity index (χ3v) is 5.23. The van der Waals surface area contributed by atoms with Gasteiger partial charge in [0.25, 0.3) is 0 Å². The molecule has 7 heteroatoms. The molecule has 4 rings (SSSR count). The van der Waals surface area contributed by atoms with Crippen molar-refractivity contribution in [1.82, 2.24) is 19.9 Å². The fourth-order valence-electron chi connectivity index (χ4n) is 3.47. The number of guanidine groups is 1. The topological polar surface area (TPSA) is 86.4 Å². The number of hydrogen-bond acceptors (Lipinski definition) is 4. The molecule has 0 aliphatic carbocycles. The number of nitrogens with one attached hydrogen (secondary N) is 1. The van der Waals surface area contributed by atoms with Gasteiger partial charge in [-0.25, -0.2) is 15.0 Å². The summed E-state index contributed by atoms with van der Waals surface area (Å²) in [4.78, 5) is 21.0. The monoisotopic (exact) mass is 363 g/mol. The molecule has 0 unspecified atom stereocenters. The van der Waals surface area contributed by atoms with Gasteiger partial charge in [-0.15, -0.1) is 0 Å². The Balaban J connectivity index is 1.39. The quantitative estimate of drug-likeness (QED) is 0.550. The number of nitrogens with zero attached hydrogens (tertiary/aromatic N) is 5. The van der Waals surface area contributed by atoms with E-state index in [0.29, 0.717) is 12.5 Å². The molecule has 1 aliphatic rings. The van der Waals surface area contributed by atoms with E-state index in [2.05, 4.69) is 61.8 Å². The maximum Gasteiger partial charge on any atom is 0.225 e. The third-order valence-electron chi connectivity index (χ3n) is 5.23. The minimum absolute atomic E-state index is 0.591. The number of aromatic amines is 1. The summed E-state index contributed by atoms with van der Waals surface area (Å²) in [5.74, 6) is 1.38. The van der Waals surface area contributed by atoms with Gasteiger partial charge in [0.05, 0.1) is 6.54 Å². The van der Waals surface area contributed by atoms with E-state index in [-0.39, 0.29) is 0 Å². The predicted octanol–water partition coefficient (Wildman–Crippen LogP) is 2.21. The lowest BCUT2D eigenvalue weighted by atomic mass is 10.1. The Hall–Kier alpha value is -3.09. The normalized spacial score (nSPS) is 15.6. The van der Waals surface area contributed by atoms with Crippen molar-refractivity contribution in [2.24, 2.45) is 10.7 Å². The Bertz CT molecular complexity index is 953. The van der Waals surface area contributed by atoms with E-state index in [9.17, 15) is 0 Å². The van der Waals surface area contributed by atoms with Crippen LogP contribution in [0, 0.1) is 13.8 Å². The summed E-state index contributed by atoms with van der Waals surface area (Å²) in [5.41, 5.74) is 11.1. The molecule has 1 aromatic carbocycles. The Kier molecular flexibility index (Phi) is 4.66. The lowest BCUT2D eigenvalue weighted by Gasteiger charge is -2.35. The molecule has 3 aromatic rings. The molecule has 3 N–H and O–H groups in total. The highest BCUT2D eigenvalue weighted by Crippen LogP contribution is 2.22. The van der Waals surface area contributed by atoms with Gasteiger partial charge in [-0.05, 0) is 43.2 Å². The van der Waals surface area contributed by atoms with Crippen LogP contribution in [0.5, 0.6) is 0 Å². The number of benzene rings is 1. The first-order valence-electron chi connectivity index (χ1n) is 9.26. The summed E-state index contributed by atoms with van der Waals surface area (Å²) in [6, 6.07) is 8.27. The minimum atomic E-state index is 0.591. The highest BCUT2D eigenvalue weighted by atomic mass is 15.3.